The van der Waals surface area contributed by atoms with Gasteiger partial charge in [0.15, 0.2) is 17.3 Å². The van der Waals surface area contributed by atoms with Gasteiger partial charge >= 0.3 is 0 Å². The van der Waals surface area contributed by atoms with Crippen LogP contribution in [0.4, 0.5) is 4.39 Å². The van der Waals surface area contributed by atoms with Gasteiger partial charge in [-0.25, -0.2) is 4.39 Å². The third kappa shape index (κ3) is 3.53. The van der Waals surface area contributed by atoms with E-state index in [-0.39, 0.29) is 11.5 Å². The van der Waals surface area contributed by atoms with E-state index in [0.29, 0.717) is 12.2 Å². The summed E-state index contributed by atoms with van der Waals surface area (Å²) >= 11 is 0. The number of hydrogen-bond donors (Lipinski definition) is 0. The number of carbonyl (C=O) groups is 1. The minimum absolute atomic E-state index is 0.136. The summed E-state index contributed by atoms with van der Waals surface area (Å²) in [6.07, 6.45) is 0.109. The summed E-state index contributed by atoms with van der Waals surface area (Å²) in [6.45, 7) is 3.85. The quantitative estimate of drug-likeness (QED) is 0.767. The van der Waals surface area contributed by atoms with Crippen molar-refractivity contribution in [1.82, 2.24) is 0 Å². The van der Waals surface area contributed by atoms with E-state index in [1.807, 2.05) is 6.92 Å². The minimum atomic E-state index is -0.699. The van der Waals surface area contributed by atoms with E-state index in [4.69, 9.17) is 9.47 Å². The van der Waals surface area contributed by atoms with Crippen LogP contribution in [-0.2, 0) is 9.53 Å². The lowest BCUT2D eigenvalue weighted by Crippen LogP contribution is -2.14. The highest BCUT2D eigenvalue weighted by atomic mass is 19.1. The van der Waals surface area contributed by atoms with Gasteiger partial charge in [-0.05, 0) is 31.0 Å². The van der Waals surface area contributed by atoms with Gasteiger partial charge in [-0.2, -0.15) is 0 Å². The summed E-state index contributed by atoms with van der Waals surface area (Å²) in [5.41, 5.74) is 0.518. The van der Waals surface area contributed by atoms with E-state index in [2.05, 4.69) is 0 Å². The topological polar surface area (TPSA) is 35.5 Å². The van der Waals surface area contributed by atoms with Crippen LogP contribution >= 0.6 is 0 Å². The Morgan fingerprint density at radius 3 is 2.65 bits per heavy atom. The average molecular weight is 240 g/mol. The zero-order valence-electron chi connectivity index (χ0n) is 10.3. The molecule has 1 aromatic carbocycles. The maximum Gasteiger partial charge on any atom is 0.165 e. The molecule has 0 spiro atoms. The van der Waals surface area contributed by atoms with Gasteiger partial charge in [0.05, 0.1) is 7.11 Å². The fourth-order valence-electron chi connectivity index (χ4n) is 1.53. The molecular weight excluding hydrogens is 223 g/mol. The first-order valence-corrected chi connectivity index (χ1v) is 5.55. The molecule has 0 amide bonds. The molecule has 0 aliphatic carbocycles. The predicted molar refractivity (Wildman–Crippen MR) is 62.6 cm³/mol. The van der Waals surface area contributed by atoms with Gasteiger partial charge in [0, 0.05) is 6.61 Å². The predicted octanol–water partition coefficient (Wildman–Crippen LogP) is 2.89. The molecule has 17 heavy (non-hydrogen) atoms. The molecule has 0 radical (unpaired) electrons. The lowest BCUT2D eigenvalue weighted by molar-refractivity contribution is -0.128. The minimum Gasteiger partial charge on any atom is -0.494 e. The van der Waals surface area contributed by atoms with Crippen molar-refractivity contribution < 1.29 is 18.7 Å². The molecule has 0 N–H and O–H groups in total. The first-order chi connectivity index (χ1) is 8.10. The zero-order chi connectivity index (χ0) is 12.8. The summed E-state index contributed by atoms with van der Waals surface area (Å²) in [6, 6.07) is 4.42. The summed E-state index contributed by atoms with van der Waals surface area (Å²) < 4.78 is 23.7. The second-order valence-corrected chi connectivity index (χ2v) is 3.76. The van der Waals surface area contributed by atoms with E-state index in [1.54, 1.807) is 6.07 Å². The molecule has 1 atom stereocenters. The maximum atomic E-state index is 13.5. The molecule has 3 nitrogen and oxygen atoms in total. The molecule has 0 aliphatic rings. The fourth-order valence-corrected chi connectivity index (χ4v) is 1.53. The molecule has 0 aromatic heterocycles. The third-order valence-corrected chi connectivity index (χ3v) is 2.34. The molecule has 0 heterocycles. The SMILES string of the molecule is CCCOC(C(C)=O)c1ccc(OC)c(F)c1. The first-order valence-electron chi connectivity index (χ1n) is 5.55. The fraction of sp³-hybridized carbons (Fsp3) is 0.462. The molecule has 1 unspecified atom stereocenters. The molecule has 0 bridgehead atoms. The summed E-state index contributed by atoms with van der Waals surface area (Å²) in [5, 5.41) is 0. The highest BCUT2D eigenvalue weighted by molar-refractivity contribution is 5.81. The molecule has 0 fully saturated rings. The first kappa shape index (κ1) is 13.6. The average Bonchev–Trinajstić information content (AvgIpc) is 2.29. The lowest BCUT2D eigenvalue weighted by Gasteiger charge is -2.15. The van der Waals surface area contributed by atoms with E-state index >= 15 is 0 Å². The molecule has 1 aromatic rings. The number of methoxy groups -OCH3 is 1. The van der Waals surface area contributed by atoms with Gasteiger partial charge < -0.3 is 9.47 Å². The number of benzene rings is 1. The van der Waals surface area contributed by atoms with Gasteiger partial charge in [0.2, 0.25) is 0 Å². The van der Waals surface area contributed by atoms with Crippen molar-refractivity contribution in [3.63, 3.8) is 0 Å². The number of ether oxygens (including phenoxy) is 2. The van der Waals surface area contributed by atoms with Crippen LogP contribution in [0.15, 0.2) is 18.2 Å². The number of ketones is 1. The molecule has 0 saturated carbocycles. The Morgan fingerprint density at radius 2 is 2.18 bits per heavy atom. The largest absolute Gasteiger partial charge is 0.494 e. The van der Waals surface area contributed by atoms with Crippen molar-refractivity contribution >= 4 is 5.78 Å². The number of carbonyl (C=O) groups excluding carboxylic acids is 1. The van der Waals surface area contributed by atoms with Gasteiger partial charge in [-0.15, -0.1) is 0 Å². The van der Waals surface area contributed by atoms with Crippen molar-refractivity contribution in [2.45, 2.75) is 26.4 Å². The Balaban J connectivity index is 2.94. The van der Waals surface area contributed by atoms with Crippen LogP contribution in [-0.4, -0.2) is 19.5 Å². The van der Waals surface area contributed by atoms with Gasteiger partial charge in [0.1, 0.15) is 6.10 Å². The van der Waals surface area contributed by atoms with Crippen LogP contribution in [0.1, 0.15) is 31.9 Å². The molecule has 4 heteroatoms. The van der Waals surface area contributed by atoms with Crippen LogP contribution in [0.5, 0.6) is 5.75 Å². The maximum absolute atomic E-state index is 13.5. The van der Waals surface area contributed by atoms with E-state index < -0.39 is 11.9 Å². The number of rotatable bonds is 6. The van der Waals surface area contributed by atoms with E-state index in [1.165, 1.54) is 26.2 Å². The Morgan fingerprint density at radius 1 is 1.47 bits per heavy atom. The van der Waals surface area contributed by atoms with Crippen LogP contribution in [0.25, 0.3) is 0 Å². The van der Waals surface area contributed by atoms with Crippen LogP contribution < -0.4 is 4.74 Å². The van der Waals surface area contributed by atoms with Crippen LogP contribution in [0, 0.1) is 5.82 Å². The lowest BCUT2D eigenvalue weighted by atomic mass is 10.1. The monoisotopic (exact) mass is 240 g/mol. The van der Waals surface area contributed by atoms with E-state index in [0.717, 1.165) is 6.42 Å². The Kier molecular flexibility index (Phi) is 5.10. The summed E-state index contributed by atoms with van der Waals surface area (Å²) in [5.74, 6) is -0.467. The van der Waals surface area contributed by atoms with Gasteiger partial charge in [0.25, 0.3) is 0 Å². The molecule has 0 saturated heterocycles. The molecule has 94 valence electrons. The second-order valence-electron chi connectivity index (χ2n) is 3.76. The van der Waals surface area contributed by atoms with Crippen LogP contribution in [0.2, 0.25) is 0 Å². The number of hydrogen-bond acceptors (Lipinski definition) is 3. The summed E-state index contributed by atoms with van der Waals surface area (Å²) in [4.78, 5) is 11.4. The van der Waals surface area contributed by atoms with Crippen molar-refractivity contribution in [2.75, 3.05) is 13.7 Å². The van der Waals surface area contributed by atoms with Crippen molar-refractivity contribution in [3.8, 4) is 5.75 Å². The number of Topliss-reactive ketones (excluding diaryl/α,β-unsaturated/α-hetero) is 1. The summed E-state index contributed by atoms with van der Waals surface area (Å²) in [7, 11) is 1.40. The highest BCUT2D eigenvalue weighted by Gasteiger charge is 2.18. The van der Waals surface area contributed by atoms with Gasteiger partial charge in [-0.3, -0.25) is 4.79 Å². The smallest absolute Gasteiger partial charge is 0.165 e. The second kappa shape index (κ2) is 6.35. The normalized spacial score (nSPS) is 12.2. The third-order valence-electron chi connectivity index (χ3n) is 2.34. The van der Waals surface area contributed by atoms with Crippen molar-refractivity contribution in [2.24, 2.45) is 0 Å². The molecule has 1 rings (SSSR count). The van der Waals surface area contributed by atoms with E-state index in [9.17, 15) is 9.18 Å². The Bertz CT molecular complexity index is 390. The van der Waals surface area contributed by atoms with Crippen molar-refractivity contribution in [3.05, 3.63) is 29.6 Å². The van der Waals surface area contributed by atoms with Crippen LogP contribution in [0.3, 0.4) is 0 Å². The Hall–Kier alpha value is -1.42. The highest BCUT2D eigenvalue weighted by Crippen LogP contribution is 2.24. The molecular formula is C13H17FO3. The standard InChI is InChI=1S/C13H17FO3/c1-4-7-17-13(9(2)15)10-5-6-12(16-3)11(14)8-10/h5-6,8,13H,4,7H2,1-3H3. The zero-order valence-corrected chi connectivity index (χ0v) is 10.3. The Labute approximate surface area is 101 Å². The molecule has 0 aliphatic heterocycles. The number of halogens is 1. The van der Waals surface area contributed by atoms with Crippen molar-refractivity contribution in [1.29, 1.82) is 0 Å². The van der Waals surface area contributed by atoms with Gasteiger partial charge in [-0.1, -0.05) is 13.0 Å².